The van der Waals surface area contributed by atoms with Gasteiger partial charge in [-0.25, -0.2) is 4.39 Å². The lowest BCUT2D eigenvalue weighted by atomic mass is 10.0. The summed E-state index contributed by atoms with van der Waals surface area (Å²) in [6.07, 6.45) is 0.402. The minimum Gasteiger partial charge on any atom is -0.386 e. The van der Waals surface area contributed by atoms with Gasteiger partial charge in [0.1, 0.15) is 11.4 Å². The van der Waals surface area contributed by atoms with Gasteiger partial charge in [0.2, 0.25) is 0 Å². The fourth-order valence-electron chi connectivity index (χ4n) is 1.82. The first-order valence-corrected chi connectivity index (χ1v) is 6.13. The van der Waals surface area contributed by atoms with Crippen LogP contribution in [0.3, 0.4) is 0 Å². The highest BCUT2D eigenvalue weighted by Crippen LogP contribution is 2.16. The molecule has 0 aliphatic carbocycles. The highest BCUT2D eigenvalue weighted by molar-refractivity contribution is 6.39. The first-order chi connectivity index (χ1) is 9.48. The molecule has 1 aromatic rings. The number of carbonyl (C=O) groups excluding carboxylic acids is 2. The first-order valence-electron chi connectivity index (χ1n) is 6.13. The SMILES string of the molecule is O=C(NCC1(O)CCOC1)C(=O)Nc1cccc(F)c1. The summed E-state index contributed by atoms with van der Waals surface area (Å²) in [7, 11) is 0. The van der Waals surface area contributed by atoms with Crippen molar-refractivity contribution in [1.82, 2.24) is 5.32 Å². The molecule has 0 radical (unpaired) electrons. The number of aliphatic hydroxyl groups is 1. The number of rotatable bonds is 3. The second kappa shape index (κ2) is 5.98. The lowest BCUT2D eigenvalue weighted by molar-refractivity contribution is -0.136. The molecule has 108 valence electrons. The molecule has 1 fully saturated rings. The van der Waals surface area contributed by atoms with E-state index in [1.807, 2.05) is 0 Å². The van der Waals surface area contributed by atoms with Crippen LogP contribution in [0.1, 0.15) is 6.42 Å². The van der Waals surface area contributed by atoms with E-state index in [-0.39, 0.29) is 18.8 Å². The van der Waals surface area contributed by atoms with Crippen molar-refractivity contribution in [2.75, 3.05) is 25.1 Å². The van der Waals surface area contributed by atoms with Crippen molar-refractivity contribution < 1.29 is 23.8 Å². The number of amides is 2. The second-order valence-electron chi connectivity index (χ2n) is 4.67. The van der Waals surface area contributed by atoms with Crippen molar-refractivity contribution in [3.05, 3.63) is 30.1 Å². The van der Waals surface area contributed by atoms with Gasteiger partial charge in [0, 0.05) is 25.3 Å². The van der Waals surface area contributed by atoms with Gasteiger partial charge in [-0.1, -0.05) is 6.07 Å². The zero-order valence-corrected chi connectivity index (χ0v) is 10.7. The predicted octanol–water partition coefficient (Wildman–Crippen LogP) is 0.0318. The first kappa shape index (κ1) is 14.4. The van der Waals surface area contributed by atoms with E-state index in [2.05, 4.69) is 10.6 Å². The Balaban J connectivity index is 1.84. The van der Waals surface area contributed by atoms with E-state index in [4.69, 9.17) is 4.74 Å². The van der Waals surface area contributed by atoms with Gasteiger partial charge < -0.3 is 20.5 Å². The molecule has 0 saturated carbocycles. The summed E-state index contributed by atoms with van der Waals surface area (Å²) in [6, 6.07) is 5.21. The number of halogens is 1. The van der Waals surface area contributed by atoms with Gasteiger partial charge in [-0.2, -0.15) is 0 Å². The zero-order valence-electron chi connectivity index (χ0n) is 10.7. The van der Waals surface area contributed by atoms with Gasteiger partial charge in [-0.05, 0) is 18.2 Å². The third-order valence-corrected chi connectivity index (χ3v) is 2.95. The van der Waals surface area contributed by atoms with Gasteiger partial charge in [0.25, 0.3) is 0 Å². The molecule has 1 heterocycles. The lowest BCUT2D eigenvalue weighted by Crippen LogP contribution is -2.46. The summed E-state index contributed by atoms with van der Waals surface area (Å²) in [6.45, 7) is 0.475. The van der Waals surface area contributed by atoms with Crippen molar-refractivity contribution in [1.29, 1.82) is 0 Å². The third kappa shape index (κ3) is 3.75. The van der Waals surface area contributed by atoms with E-state index in [1.54, 1.807) is 0 Å². The fraction of sp³-hybridized carbons (Fsp3) is 0.385. The van der Waals surface area contributed by atoms with Crippen LogP contribution in [0.4, 0.5) is 10.1 Å². The van der Waals surface area contributed by atoms with Crippen molar-refractivity contribution in [2.24, 2.45) is 0 Å². The Bertz CT molecular complexity index is 515. The number of hydrogen-bond donors (Lipinski definition) is 3. The average molecular weight is 282 g/mol. The minimum atomic E-state index is -1.13. The molecule has 7 heteroatoms. The highest BCUT2D eigenvalue weighted by atomic mass is 19.1. The summed E-state index contributed by atoms with van der Waals surface area (Å²) < 4.78 is 17.9. The Morgan fingerprint density at radius 1 is 1.40 bits per heavy atom. The molecule has 0 aromatic heterocycles. The Morgan fingerprint density at radius 3 is 2.85 bits per heavy atom. The predicted molar refractivity (Wildman–Crippen MR) is 68.4 cm³/mol. The monoisotopic (exact) mass is 282 g/mol. The molecule has 20 heavy (non-hydrogen) atoms. The Labute approximate surface area is 114 Å². The van der Waals surface area contributed by atoms with E-state index in [1.165, 1.54) is 18.2 Å². The molecule has 3 N–H and O–H groups in total. The van der Waals surface area contributed by atoms with Crippen LogP contribution < -0.4 is 10.6 Å². The van der Waals surface area contributed by atoms with E-state index < -0.39 is 23.2 Å². The summed E-state index contributed by atoms with van der Waals surface area (Å²) in [5.74, 6) is -2.33. The van der Waals surface area contributed by atoms with Gasteiger partial charge in [-0.3, -0.25) is 9.59 Å². The van der Waals surface area contributed by atoms with Crippen LogP contribution >= 0.6 is 0 Å². The molecule has 1 unspecified atom stereocenters. The van der Waals surface area contributed by atoms with Crippen molar-refractivity contribution in [3.63, 3.8) is 0 Å². The van der Waals surface area contributed by atoms with E-state index >= 15 is 0 Å². The number of ether oxygens (including phenoxy) is 1. The van der Waals surface area contributed by atoms with Crippen LogP contribution in [0.25, 0.3) is 0 Å². The topological polar surface area (TPSA) is 87.7 Å². The molecular weight excluding hydrogens is 267 g/mol. The van der Waals surface area contributed by atoms with Gasteiger partial charge in [-0.15, -0.1) is 0 Å². The molecule has 1 aromatic carbocycles. The van der Waals surface area contributed by atoms with Crippen LogP contribution in [0.15, 0.2) is 24.3 Å². The maximum absolute atomic E-state index is 12.9. The van der Waals surface area contributed by atoms with E-state index in [0.717, 1.165) is 6.07 Å². The van der Waals surface area contributed by atoms with Crippen molar-refractivity contribution >= 4 is 17.5 Å². The normalized spacial score (nSPS) is 21.5. The molecule has 1 aliphatic rings. The molecule has 2 rings (SSSR count). The quantitative estimate of drug-likeness (QED) is 0.683. The average Bonchev–Trinajstić information content (AvgIpc) is 2.83. The molecule has 2 amide bonds. The van der Waals surface area contributed by atoms with Crippen LogP contribution in [-0.2, 0) is 14.3 Å². The van der Waals surface area contributed by atoms with E-state index in [0.29, 0.717) is 13.0 Å². The molecule has 1 aliphatic heterocycles. The van der Waals surface area contributed by atoms with Crippen molar-refractivity contribution in [2.45, 2.75) is 12.0 Å². The zero-order chi connectivity index (χ0) is 14.6. The van der Waals surface area contributed by atoms with Gasteiger partial charge in [0.05, 0.1) is 6.61 Å². The largest absolute Gasteiger partial charge is 0.386 e. The lowest BCUT2D eigenvalue weighted by Gasteiger charge is -2.20. The van der Waals surface area contributed by atoms with Crippen LogP contribution in [0.2, 0.25) is 0 Å². The van der Waals surface area contributed by atoms with Gasteiger partial charge in [0.15, 0.2) is 0 Å². The molecule has 0 bridgehead atoms. The van der Waals surface area contributed by atoms with Crippen LogP contribution in [-0.4, -0.2) is 42.3 Å². The Hall–Kier alpha value is -1.99. The number of nitrogens with one attached hydrogen (secondary N) is 2. The molecule has 1 saturated heterocycles. The molecule has 1 atom stereocenters. The molecular formula is C13H15FN2O4. The van der Waals surface area contributed by atoms with Crippen LogP contribution in [0.5, 0.6) is 0 Å². The standard InChI is InChI=1S/C13H15FN2O4/c14-9-2-1-3-10(6-9)16-12(18)11(17)15-7-13(19)4-5-20-8-13/h1-3,6,19H,4-5,7-8H2,(H,15,17)(H,16,18). The van der Waals surface area contributed by atoms with E-state index in [9.17, 15) is 19.1 Å². The minimum absolute atomic E-state index is 0.0671. The van der Waals surface area contributed by atoms with Gasteiger partial charge >= 0.3 is 11.8 Å². The summed E-state index contributed by atoms with van der Waals surface area (Å²) in [4.78, 5) is 23.1. The van der Waals surface area contributed by atoms with Crippen molar-refractivity contribution in [3.8, 4) is 0 Å². The highest BCUT2D eigenvalue weighted by Gasteiger charge is 2.33. The number of anilines is 1. The maximum Gasteiger partial charge on any atom is 0.313 e. The van der Waals surface area contributed by atoms with Crippen LogP contribution in [0, 0.1) is 5.82 Å². The maximum atomic E-state index is 12.9. The smallest absolute Gasteiger partial charge is 0.313 e. The second-order valence-corrected chi connectivity index (χ2v) is 4.67. The fourth-order valence-corrected chi connectivity index (χ4v) is 1.82. The number of carbonyl (C=O) groups is 2. The number of benzene rings is 1. The summed E-state index contributed by atoms with van der Waals surface area (Å²) in [5.41, 5.74) is -0.942. The third-order valence-electron chi connectivity index (χ3n) is 2.95. The molecule has 0 spiro atoms. The molecule has 6 nitrogen and oxygen atoms in total. The number of hydrogen-bond acceptors (Lipinski definition) is 4. The summed E-state index contributed by atoms with van der Waals surface area (Å²) in [5, 5.41) is 14.5. The Morgan fingerprint density at radius 2 is 2.20 bits per heavy atom. The summed E-state index contributed by atoms with van der Waals surface area (Å²) >= 11 is 0. The Kier molecular flexibility index (Phi) is 4.31.